The number of carbonyl (C=O) groups excluding carboxylic acids is 2. The van der Waals surface area contributed by atoms with E-state index >= 15 is 0 Å². The number of benzene rings is 1. The largest absolute Gasteiger partial charge is 0.465 e. The van der Waals surface area contributed by atoms with Crippen molar-refractivity contribution in [2.45, 2.75) is 19.0 Å². The fraction of sp³-hybridized carbons (Fsp3) is 0.333. The molecule has 0 spiro atoms. The zero-order valence-electron chi connectivity index (χ0n) is 12.7. The highest BCUT2D eigenvalue weighted by molar-refractivity contribution is 5.95. The lowest BCUT2D eigenvalue weighted by molar-refractivity contribution is -0.151. The zero-order valence-corrected chi connectivity index (χ0v) is 12.7. The van der Waals surface area contributed by atoms with Gasteiger partial charge in [0.2, 0.25) is 0 Å². The van der Waals surface area contributed by atoms with E-state index in [1.165, 1.54) is 6.07 Å². The van der Waals surface area contributed by atoms with Gasteiger partial charge in [0.25, 0.3) is 0 Å². The van der Waals surface area contributed by atoms with Crippen LogP contribution in [0.5, 0.6) is 0 Å². The van der Waals surface area contributed by atoms with Gasteiger partial charge in [-0.15, -0.1) is 0 Å². The second-order valence-electron chi connectivity index (χ2n) is 5.62. The van der Waals surface area contributed by atoms with E-state index in [2.05, 4.69) is 5.32 Å². The van der Waals surface area contributed by atoms with Crippen molar-refractivity contribution >= 4 is 11.8 Å². The molecule has 4 nitrogen and oxygen atoms in total. The maximum atomic E-state index is 14.2. The number of halogens is 1. The van der Waals surface area contributed by atoms with Crippen molar-refractivity contribution in [2.75, 3.05) is 6.61 Å². The summed E-state index contributed by atoms with van der Waals surface area (Å²) in [5.41, 5.74) is 0.380. The number of carbonyl (C=O) groups is 2. The molecule has 3 rings (SSSR count). The van der Waals surface area contributed by atoms with E-state index < -0.39 is 35.7 Å². The summed E-state index contributed by atoms with van der Waals surface area (Å²) in [7, 11) is 0. The van der Waals surface area contributed by atoms with Crippen LogP contribution in [0.3, 0.4) is 0 Å². The third kappa shape index (κ3) is 2.84. The molecule has 1 heterocycles. The summed E-state index contributed by atoms with van der Waals surface area (Å²) in [6, 6.07) is 4.90. The van der Waals surface area contributed by atoms with Crippen LogP contribution in [-0.4, -0.2) is 24.4 Å². The van der Waals surface area contributed by atoms with Crippen LogP contribution in [0.25, 0.3) is 0 Å². The quantitative estimate of drug-likeness (QED) is 0.870. The molecule has 2 aliphatic rings. The predicted octanol–water partition coefficient (Wildman–Crippen LogP) is 2.33. The molecule has 5 heteroatoms. The molecule has 1 aromatic carbocycles. The highest BCUT2D eigenvalue weighted by Gasteiger charge is 2.46. The minimum absolute atomic E-state index is 0.0972. The number of hydrogen-bond donors (Lipinski definition) is 1. The van der Waals surface area contributed by atoms with Crippen LogP contribution in [-0.2, 0) is 14.3 Å². The van der Waals surface area contributed by atoms with Crippen molar-refractivity contribution in [3.05, 3.63) is 60.0 Å². The van der Waals surface area contributed by atoms with Gasteiger partial charge >= 0.3 is 5.97 Å². The van der Waals surface area contributed by atoms with E-state index in [0.29, 0.717) is 5.56 Å². The van der Waals surface area contributed by atoms with E-state index in [-0.39, 0.29) is 12.4 Å². The maximum absolute atomic E-state index is 14.2. The van der Waals surface area contributed by atoms with Gasteiger partial charge in [0.05, 0.1) is 18.4 Å². The van der Waals surface area contributed by atoms with Gasteiger partial charge in [0, 0.05) is 11.6 Å². The number of ketones is 1. The van der Waals surface area contributed by atoms with Crippen LogP contribution in [0, 0.1) is 17.7 Å². The van der Waals surface area contributed by atoms with E-state index in [9.17, 15) is 14.0 Å². The Hall–Kier alpha value is -2.27. The lowest BCUT2D eigenvalue weighted by atomic mass is 9.77. The second kappa shape index (κ2) is 6.46. The number of esters is 1. The van der Waals surface area contributed by atoms with Gasteiger partial charge in [-0.25, -0.2) is 4.39 Å². The molecule has 0 radical (unpaired) electrons. The van der Waals surface area contributed by atoms with Crippen molar-refractivity contribution < 1.29 is 18.7 Å². The van der Waals surface area contributed by atoms with Crippen LogP contribution < -0.4 is 5.32 Å². The van der Waals surface area contributed by atoms with Gasteiger partial charge in [0.15, 0.2) is 5.78 Å². The van der Waals surface area contributed by atoms with Gasteiger partial charge in [-0.1, -0.05) is 42.5 Å². The molecular weight excluding hydrogens is 297 g/mol. The van der Waals surface area contributed by atoms with Crippen LogP contribution >= 0.6 is 0 Å². The molecule has 0 amide bonds. The predicted molar refractivity (Wildman–Crippen MR) is 83.0 cm³/mol. The summed E-state index contributed by atoms with van der Waals surface area (Å²) in [5, 5.41) is 3.13. The third-order valence-corrected chi connectivity index (χ3v) is 4.26. The Morgan fingerprint density at radius 3 is 2.61 bits per heavy atom. The molecule has 1 aliphatic carbocycles. The average molecular weight is 315 g/mol. The molecule has 1 aliphatic heterocycles. The van der Waals surface area contributed by atoms with Gasteiger partial charge < -0.3 is 4.74 Å². The van der Waals surface area contributed by atoms with Gasteiger partial charge in [-0.3, -0.25) is 14.9 Å². The Morgan fingerprint density at radius 2 is 1.91 bits per heavy atom. The van der Waals surface area contributed by atoms with Crippen LogP contribution in [0.1, 0.15) is 18.5 Å². The Kier molecular flexibility index (Phi) is 4.39. The molecule has 23 heavy (non-hydrogen) atoms. The first-order chi connectivity index (χ1) is 11.1. The number of ether oxygens (including phenoxy) is 1. The first kappa shape index (κ1) is 15.6. The number of nitrogens with one attached hydrogen (secondary N) is 1. The number of Topliss-reactive ketones (excluding diaryl/α,β-unsaturated/α-hetero) is 1. The highest BCUT2D eigenvalue weighted by Crippen LogP contribution is 2.36. The summed E-state index contributed by atoms with van der Waals surface area (Å²) in [6.45, 7) is 1.94. The highest BCUT2D eigenvalue weighted by atomic mass is 19.1. The minimum atomic E-state index is -0.806. The maximum Gasteiger partial charge on any atom is 0.324 e. The van der Waals surface area contributed by atoms with Crippen molar-refractivity contribution in [3.8, 4) is 0 Å². The standard InChI is InChI=1S/C18H18FNO3/c1-2-23-18(22)16-13-9-4-3-8-12(17(13)21)15(20-16)11-7-5-6-10-14(11)19/h3-10,12-13,15-16,20H,2H2,1H3/t12-,13+,15-,16-/m0/s1. The monoisotopic (exact) mass is 315 g/mol. The van der Waals surface area contributed by atoms with Crippen molar-refractivity contribution in [3.63, 3.8) is 0 Å². The van der Waals surface area contributed by atoms with Gasteiger partial charge in [-0.05, 0) is 13.0 Å². The summed E-state index contributed by atoms with van der Waals surface area (Å²) >= 11 is 0. The molecule has 0 aromatic heterocycles. The third-order valence-electron chi connectivity index (χ3n) is 4.26. The minimum Gasteiger partial charge on any atom is -0.465 e. The van der Waals surface area contributed by atoms with Crippen molar-refractivity contribution in [1.29, 1.82) is 0 Å². The summed E-state index contributed by atoms with van der Waals surface area (Å²) in [6.07, 6.45) is 6.97. The Balaban J connectivity index is 2.01. The Bertz CT molecular complexity index is 683. The van der Waals surface area contributed by atoms with Gasteiger partial charge in [-0.2, -0.15) is 0 Å². The van der Waals surface area contributed by atoms with Crippen LogP contribution in [0.4, 0.5) is 4.39 Å². The lowest BCUT2D eigenvalue weighted by Crippen LogP contribution is -2.56. The molecule has 0 saturated carbocycles. The summed E-state index contributed by atoms with van der Waals surface area (Å²) in [4.78, 5) is 25.0. The lowest BCUT2D eigenvalue weighted by Gasteiger charge is -2.38. The molecule has 2 bridgehead atoms. The molecule has 1 fully saturated rings. The molecule has 1 aromatic rings. The summed E-state index contributed by atoms with van der Waals surface area (Å²) < 4.78 is 19.3. The molecule has 1 saturated heterocycles. The SMILES string of the molecule is CCOC(=O)[C@H]1N[C@@H](c2ccccc2F)[C@@H]2C=CC=C[C@H]1C2=O. The fourth-order valence-electron chi connectivity index (χ4n) is 3.19. The zero-order chi connectivity index (χ0) is 16.4. The van der Waals surface area contributed by atoms with E-state index in [1.807, 2.05) is 0 Å². The molecule has 120 valence electrons. The van der Waals surface area contributed by atoms with Crippen molar-refractivity contribution in [1.82, 2.24) is 5.32 Å². The number of fused-ring (bicyclic) bond motifs is 2. The van der Waals surface area contributed by atoms with Gasteiger partial charge in [0.1, 0.15) is 11.9 Å². The van der Waals surface area contributed by atoms with Crippen molar-refractivity contribution in [2.24, 2.45) is 11.8 Å². The number of allylic oxidation sites excluding steroid dienone is 2. The smallest absolute Gasteiger partial charge is 0.324 e. The molecule has 0 unspecified atom stereocenters. The first-order valence-corrected chi connectivity index (χ1v) is 7.69. The Morgan fingerprint density at radius 1 is 1.22 bits per heavy atom. The Labute approximate surface area is 134 Å². The second-order valence-corrected chi connectivity index (χ2v) is 5.62. The average Bonchev–Trinajstić information content (AvgIpc) is 2.66. The topological polar surface area (TPSA) is 55.4 Å². The van der Waals surface area contributed by atoms with E-state index in [4.69, 9.17) is 4.74 Å². The number of hydrogen-bond acceptors (Lipinski definition) is 4. The molecule has 1 N–H and O–H groups in total. The normalized spacial score (nSPS) is 29.2. The molecular formula is C18H18FNO3. The van der Waals surface area contributed by atoms with Crippen LogP contribution in [0.15, 0.2) is 48.6 Å². The van der Waals surface area contributed by atoms with E-state index in [1.54, 1.807) is 49.4 Å². The summed E-state index contributed by atoms with van der Waals surface area (Å²) in [5.74, 6) is -2.10. The molecule has 4 atom stereocenters. The fourth-order valence-corrected chi connectivity index (χ4v) is 3.19. The first-order valence-electron chi connectivity index (χ1n) is 7.69. The number of piperidine rings is 1. The number of rotatable bonds is 3. The van der Waals surface area contributed by atoms with Crippen LogP contribution in [0.2, 0.25) is 0 Å². The van der Waals surface area contributed by atoms with E-state index in [0.717, 1.165) is 0 Å².